The molecule has 9 heteroatoms. The topological polar surface area (TPSA) is 91.8 Å². The molecule has 1 N–H and O–H groups in total. The van der Waals surface area contributed by atoms with E-state index in [4.69, 9.17) is 17.5 Å². The fourth-order valence-electron chi connectivity index (χ4n) is 1.42. The molecule has 1 aliphatic rings. The maximum absolute atomic E-state index is 10.6. The zero-order chi connectivity index (χ0) is 13.8. The SMILES string of the molecule is N#Cc1cc([N+](=O)[O-])cnc1SC(=S)C1CSCN1. The average molecular weight is 312 g/mol. The minimum Gasteiger partial charge on any atom is -0.299 e. The summed E-state index contributed by atoms with van der Waals surface area (Å²) in [4.78, 5) is 14.0. The predicted octanol–water partition coefficient (Wildman–Crippen LogP) is 1.94. The lowest BCUT2D eigenvalue weighted by Gasteiger charge is -2.10. The second-order valence-electron chi connectivity index (χ2n) is 3.61. The van der Waals surface area contributed by atoms with Crippen molar-refractivity contribution in [2.75, 3.05) is 11.6 Å². The Hall–Kier alpha value is -1.21. The van der Waals surface area contributed by atoms with Crippen LogP contribution in [0.5, 0.6) is 0 Å². The van der Waals surface area contributed by atoms with Crippen molar-refractivity contribution in [1.29, 1.82) is 5.26 Å². The molecule has 2 heterocycles. The van der Waals surface area contributed by atoms with E-state index >= 15 is 0 Å². The van der Waals surface area contributed by atoms with Crippen molar-refractivity contribution in [2.45, 2.75) is 11.1 Å². The molecule has 1 aliphatic heterocycles. The Morgan fingerprint density at radius 1 is 1.79 bits per heavy atom. The highest BCUT2D eigenvalue weighted by Gasteiger charge is 2.22. The first-order valence-electron chi connectivity index (χ1n) is 5.19. The van der Waals surface area contributed by atoms with E-state index in [-0.39, 0.29) is 17.3 Å². The molecular weight excluding hydrogens is 304 g/mol. The van der Waals surface area contributed by atoms with E-state index in [1.165, 1.54) is 17.8 Å². The van der Waals surface area contributed by atoms with Crippen LogP contribution in [0.1, 0.15) is 5.56 Å². The van der Waals surface area contributed by atoms with Gasteiger partial charge in [0.15, 0.2) is 0 Å². The van der Waals surface area contributed by atoms with Gasteiger partial charge in [0.25, 0.3) is 5.69 Å². The van der Waals surface area contributed by atoms with Crippen LogP contribution >= 0.6 is 35.7 Å². The molecule has 0 aliphatic carbocycles. The maximum Gasteiger partial charge on any atom is 0.288 e. The van der Waals surface area contributed by atoms with E-state index in [9.17, 15) is 10.1 Å². The third-order valence-electron chi connectivity index (χ3n) is 2.37. The number of hydrogen-bond donors (Lipinski definition) is 1. The van der Waals surface area contributed by atoms with Gasteiger partial charge in [-0.2, -0.15) is 5.26 Å². The van der Waals surface area contributed by atoms with Gasteiger partial charge in [-0.15, -0.1) is 11.8 Å². The third kappa shape index (κ3) is 3.42. The van der Waals surface area contributed by atoms with E-state index in [0.29, 0.717) is 9.22 Å². The summed E-state index contributed by atoms with van der Waals surface area (Å²) in [5.74, 6) is 1.74. The second-order valence-corrected chi connectivity index (χ2v) is 6.37. The van der Waals surface area contributed by atoms with Crippen LogP contribution in [0.4, 0.5) is 5.69 Å². The quantitative estimate of drug-likeness (QED) is 0.392. The molecule has 1 saturated heterocycles. The minimum absolute atomic E-state index is 0.105. The summed E-state index contributed by atoms with van der Waals surface area (Å²) in [5, 5.41) is 23.3. The molecule has 19 heavy (non-hydrogen) atoms. The Morgan fingerprint density at radius 2 is 2.58 bits per heavy atom. The summed E-state index contributed by atoms with van der Waals surface area (Å²) >= 11 is 8.25. The summed E-state index contributed by atoms with van der Waals surface area (Å²) in [6.45, 7) is 0. The molecule has 0 aromatic carbocycles. The Kier molecular flexibility index (Phi) is 4.71. The van der Waals surface area contributed by atoms with Crippen LogP contribution < -0.4 is 5.32 Å². The van der Waals surface area contributed by atoms with Crippen LogP contribution in [0.3, 0.4) is 0 Å². The van der Waals surface area contributed by atoms with Gasteiger partial charge < -0.3 is 0 Å². The van der Waals surface area contributed by atoms with Crippen LogP contribution in [0.15, 0.2) is 17.3 Å². The number of nitriles is 1. The first-order valence-corrected chi connectivity index (χ1v) is 7.57. The van der Waals surface area contributed by atoms with Gasteiger partial charge in [-0.05, 0) is 0 Å². The zero-order valence-corrected chi connectivity index (χ0v) is 12.0. The smallest absolute Gasteiger partial charge is 0.288 e. The van der Waals surface area contributed by atoms with E-state index in [2.05, 4.69) is 10.3 Å². The molecule has 1 aromatic heterocycles. The summed E-state index contributed by atoms with van der Waals surface area (Å²) in [6, 6.07) is 3.24. The van der Waals surface area contributed by atoms with Gasteiger partial charge in [-0.25, -0.2) is 4.98 Å². The van der Waals surface area contributed by atoms with Crippen molar-refractivity contribution >= 4 is 45.6 Å². The third-order valence-corrected chi connectivity index (χ3v) is 4.84. The minimum atomic E-state index is -0.574. The van der Waals surface area contributed by atoms with Crippen LogP contribution in [-0.2, 0) is 0 Å². The molecular formula is C10H8N4O2S3. The summed E-state index contributed by atoms with van der Waals surface area (Å²) in [6.07, 6.45) is 1.14. The van der Waals surface area contributed by atoms with E-state index in [0.717, 1.165) is 17.8 Å². The number of hydrogen-bond acceptors (Lipinski definition) is 8. The van der Waals surface area contributed by atoms with Gasteiger partial charge in [-0.3, -0.25) is 15.4 Å². The van der Waals surface area contributed by atoms with Crippen molar-refractivity contribution in [1.82, 2.24) is 10.3 Å². The van der Waals surface area contributed by atoms with Gasteiger partial charge in [0.1, 0.15) is 17.3 Å². The Bertz CT molecular complexity index is 566. The van der Waals surface area contributed by atoms with Gasteiger partial charge in [0.2, 0.25) is 0 Å². The number of aromatic nitrogens is 1. The molecule has 0 saturated carbocycles. The number of nitro groups is 1. The summed E-state index contributed by atoms with van der Waals surface area (Å²) in [7, 11) is 0. The lowest BCUT2D eigenvalue weighted by molar-refractivity contribution is -0.385. The lowest BCUT2D eigenvalue weighted by atomic mass is 10.3. The van der Waals surface area contributed by atoms with Crippen LogP contribution in [-0.4, -0.2) is 31.8 Å². The lowest BCUT2D eigenvalue weighted by Crippen LogP contribution is -2.29. The standard InChI is InChI=1S/C10H8N4O2S3/c11-2-6-1-7(14(15)16)3-12-9(6)19-10(17)8-4-18-5-13-8/h1,3,8,13H,4-5H2. The van der Waals surface area contributed by atoms with Crippen LogP contribution in [0.25, 0.3) is 0 Å². The number of nitrogens with one attached hydrogen (secondary N) is 1. The van der Waals surface area contributed by atoms with Crippen molar-refractivity contribution in [3.63, 3.8) is 0 Å². The van der Waals surface area contributed by atoms with E-state index in [1.54, 1.807) is 11.8 Å². The van der Waals surface area contributed by atoms with Gasteiger partial charge in [0, 0.05) is 17.7 Å². The molecule has 98 valence electrons. The van der Waals surface area contributed by atoms with Crippen molar-refractivity contribution in [3.8, 4) is 6.07 Å². The fourth-order valence-corrected chi connectivity index (χ4v) is 3.81. The summed E-state index contributed by atoms with van der Waals surface area (Å²) < 4.78 is 0.697. The van der Waals surface area contributed by atoms with E-state index < -0.39 is 4.92 Å². The molecule has 1 atom stereocenters. The maximum atomic E-state index is 10.6. The first kappa shape index (κ1) is 14.2. The van der Waals surface area contributed by atoms with Gasteiger partial charge in [0.05, 0.1) is 20.7 Å². The van der Waals surface area contributed by atoms with E-state index in [1.807, 2.05) is 6.07 Å². The number of rotatable bonds is 3. The molecule has 2 rings (SSSR count). The van der Waals surface area contributed by atoms with Crippen molar-refractivity contribution < 1.29 is 4.92 Å². The van der Waals surface area contributed by atoms with Crippen LogP contribution in [0.2, 0.25) is 0 Å². The Balaban J connectivity index is 2.18. The van der Waals surface area contributed by atoms with Crippen molar-refractivity contribution in [2.24, 2.45) is 0 Å². The molecule has 0 amide bonds. The molecule has 1 unspecified atom stereocenters. The number of pyridine rings is 1. The molecule has 1 fully saturated rings. The number of thioether (sulfide) groups is 2. The highest BCUT2D eigenvalue weighted by Crippen LogP contribution is 2.27. The molecule has 0 spiro atoms. The van der Waals surface area contributed by atoms with Gasteiger partial charge in [-0.1, -0.05) is 24.0 Å². The van der Waals surface area contributed by atoms with Crippen LogP contribution in [0, 0.1) is 21.4 Å². The number of thiocarbonyl (C=S) groups is 1. The Morgan fingerprint density at radius 3 is 3.16 bits per heavy atom. The Labute approximate surface area is 123 Å². The largest absolute Gasteiger partial charge is 0.299 e. The summed E-state index contributed by atoms with van der Waals surface area (Å²) in [5.41, 5.74) is -0.0198. The molecule has 0 bridgehead atoms. The van der Waals surface area contributed by atoms with Gasteiger partial charge >= 0.3 is 0 Å². The highest BCUT2D eigenvalue weighted by molar-refractivity contribution is 8.23. The van der Waals surface area contributed by atoms with Crippen molar-refractivity contribution in [3.05, 3.63) is 27.9 Å². The predicted molar refractivity (Wildman–Crippen MR) is 78.3 cm³/mol. The highest BCUT2D eigenvalue weighted by atomic mass is 32.2. The monoisotopic (exact) mass is 312 g/mol. The molecule has 6 nitrogen and oxygen atoms in total. The fraction of sp³-hybridized carbons (Fsp3) is 0.300. The normalized spacial score (nSPS) is 17.9. The average Bonchev–Trinajstić information content (AvgIpc) is 2.92. The molecule has 1 aromatic rings. The number of nitrogens with zero attached hydrogens (tertiary/aromatic N) is 3. The first-order chi connectivity index (χ1) is 9.11. The second kappa shape index (κ2) is 6.29. The zero-order valence-electron chi connectivity index (χ0n) is 9.53. The molecule has 0 radical (unpaired) electrons.